The van der Waals surface area contributed by atoms with E-state index in [1.165, 1.54) is 0 Å². The average Bonchev–Trinajstić information content (AvgIpc) is 3.05. The van der Waals surface area contributed by atoms with Crippen LogP contribution in [0.2, 0.25) is 0 Å². The fourth-order valence-electron chi connectivity index (χ4n) is 3.69. The number of rotatable bonds is 3. The van der Waals surface area contributed by atoms with E-state index >= 15 is 0 Å². The Morgan fingerprint density at radius 1 is 1.00 bits per heavy atom. The first-order valence-corrected chi connectivity index (χ1v) is 10.3. The lowest BCUT2D eigenvalue weighted by molar-refractivity contribution is 0.215. The topological polar surface area (TPSA) is 65.8 Å². The second-order valence-corrected chi connectivity index (χ2v) is 8.19. The van der Waals surface area contributed by atoms with Gasteiger partial charge in [-0.25, -0.2) is 4.98 Å². The summed E-state index contributed by atoms with van der Waals surface area (Å²) in [7, 11) is 0. The highest BCUT2D eigenvalue weighted by molar-refractivity contribution is 7.21. The van der Waals surface area contributed by atoms with Gasteiger partial charge in [0.25, 0.3) is 0 Å². The van der Waals surface area contributed by atoms with Crippen LogP contribution in [0.4, 0.5) is 0 Å². The number of hydrogen-bond donors (Lipinski definition) is 2. The number of ether oxygens (including phenoxy) is 1. The number of benzene rings is 3. The number of phenols is 2. The Morgan fingerprint density at radius 2 is 1.83 bits per heavy atom. The minimum absolute atomic E-state index is 0.140. The van der Waals surface area contributed by atoms with E-state index < -0.39 is 0 Å². The molecule has 0 atom stereocenters. The first-order valence-electron chi connectivity index (χ1n) is 9.51. The molecule has 5 rings (SSSR count). The van der Waals surface area contributed by atoms with Crippen LogP contribution >= 0.6 is 11.3 Å². The summed E-state index contributed by atoms with van der Waals surface area (Å²) in [5, 5.41) is 21.6. The molecule has 0 saturated heterocycles. The summed E-state index contributed by atoms with van der Waals surface area (Å²) in [5.74, 6) is 0.972. The highest BCUT2D eigenvalue weighted by Gasteiger charge is 2.21. The molecule has 0 saturated carbocycles. The van der Waals surface area contributed by atoms with Crippen LogP contribution in [-0.4, -0.2) is 33.2 Å². The van der Waals surface area contributed by atoms with Crippen LogP contribution in [-0.2, 0) is 13.1 Å². The third kappa shape index (κ3) is 3.52. The number of hydrogen-bond acceptors (Lipinski definition) is 6. The van der Waals surface area contributed by atoms with Gasteiger partial charge in [-0.2, -0.15) is 0 Å². The lowest BCUT2D eigenvalue weighted by Gasteiger charge is -2.20. The van der Waals surface area contributed by atoms with Crippen LogP contribution in [0.15, 0.2) is 60.7 Å². The second kappa shape index (κ2) is 7.39. The molecule has 2 N–H and O–H groups in total. The van der Waals surface area contributed by atoms with E-state index in [0.29, 0.717) is 37.7 Å². The number of para-hydroxylation sites is 2. The third-order valence-electron chi connectivity index (χ3n) is 5.12. The largest absolute Gasteiger partial charge is 0.508 e. The summed E-state index contributed by atoms with van der Waals surface area (Å²) in [4.78, 5) is 6.93. The van der Waals surface area contributed by atoms with Gasteiger partial charge in [-0.15, -0.1) is 11.3 Å². The van der Waals surface area contributed by atoms with Gasteiger partial charge < -0.3 is 14.9 Å². The first kappa shape index (κ1) is 18.0. The lowest BCUT2D eigenvalue weighted by atomic mass is 10.1. The van der Waals surface area contributed by atoms with Crippen molar-refractivity contribution in [2.75, 3.05) is 13.2 Å². The molecule has 6 heteroatoms. The predicted octanol–water partition coefficient (Wildman–Crippen LogP) is 4.77. The maximum Gasteiger partial charge on any atom is 0.165 e. The van der Waals surface area contributed by atoms with Crippen LogP contribution in [0, 0.1) is 0 Å². The van der Waals surface area contributed by atoms with Crippen molar-refractivity contribution in [1.29, 1.82) is 0 Å². The third-order valence-corrected chi connectivity index (χ3v) is 6.21. The van der Waals surface area contributed by atoms with Crippen molar-refractivity contribution in [2.24, 2.45) is 0 Å². The molecule has 146 valence electrons. The Labute approximate surface area is 172 Å². The van der Waals surface area contributed by atoms with Gasteiger partial charge in [0.15, 0.2) is 11.5 Å². The van der Waals surface area contributed by atoms with Gasteiger partial charge in [0.1, 0.15) is 17.4 Å². The normalized spacial score (nSPS) is 14.3. The highest BCUT2D eigenvalue weighted by Crippen LogP contribution is 2.39. The summed E-state index contributed by atoms with van der Waals surface area (Å²) in [6, 6.07) is 19.2. The van der Waals surface area contributed by atoms with Crippen LogP contribution < -0.4 is 4.74 Å². The zero-order valence-corrected chi connectivity index (χ0v) is 16.5. The standard InChI is InChI=1S/C23H20N2O3S/c26-19-7-3-1-5-15(19)13-25-9-10-28-22-17(14-25)11-16(12-20(22)27)23-24-18-6-2-4-8-21(18)29-23/h1-8,11-12,26-27H,9-10,13-14H2. The van der Waals surface area contributed by atoms with E-state index in [9.17, 15) is 10.2 Å². The average molecular weight is 404 g/mol. The van der Waals surface area contributed by atoms with Crippen molar-refractivity contribution in [3.8, 4) is 27.8 Å². The predicted molar refractivity (Wildman–Crippen MR) is 114 cm³/mol. The molecule has 1 aromatic heterocycles. The molecular formula is C23H20N2O3S. The molecule has 0 bridgehead atoms. The smallest absolute Gasteiger partial charge is 0.165 e. The second-order valence-electron chi connectivity index (χ2n) is 7.16. The molecule has 1 aliphatic heterocycles. The van der Waals surface area contributed by atoms with Crippen molar-refractivity contribution in [3.05, 3.63) is 71.8 Å². The molecular weight excluding hydrogens is 384 g/mol. The molecule has 5 nitrogen and oxygen atoms in total. The fraction of sp³-hybridized carbons (Fsp3) is 0.174. The molecule has 3 aromatic carbocycles. The summed E-state index contributed by atoms with van der Waals surface area (Å²) in [6.45, 7) is 2.42. The molecule has 29 heavy (non-hydrogen) atoms. The van der Waals surface area contributed by atoms with Gasteiger partial charge in [-0.05, 0) is 30.3 Å². The molecule has 4 aromatic rings. The monoisotopic (exact) mass is 404 g/mol. The number of phenolic OH excluding ortho intramolecular Hbond substituents is 2. The summed E-state index contributed by atoms with van der Waals surface area (Å²) in [6.07, 6.45) is 0. The lowest BCUT2D eigenvalue weighted by Crippen LogP contribution is -2.25. The van der Waals surface area contributed by atoms with Crippen molar-refractivity contribution in [1.82, 2.24) is 9.88 Å². The number of fused-ring (bicyclic) bond motifs is 2. The Hall–Kier alpha value is -3.09. The SMILES string of the molecule is Oc1ccccc1CN1CCOc2c(O)cc(-c3nc4ccccc4s3)cc2C1. The van der Waals surface area contributed by atoms with E-state index in [0.717, 1.165) is 31.9 Å². The zero-order valence-electron chi connectivity index (χ0n) is 15.7. The maximum absolute atomic E-state index is 10.6. The van der Waals surface area contributed by atoms with Crippen LogP contribution in [0.5, 0.6) is 17.2 Å². The molecule has 0 aliphatic carbocycles. The molecule has 0 radical (unpaired) electrons. The molecule has 0 unspecified atom stereocenters. The van der Waals surface area contributed by atoms with Gasteiger partial charge in [-0.1, -0.05) is 30.3 Å². The van der Waals surface area contributed by atoms with Gasteiger partial charge in [-0.3, -0.25) is 4.90 Å². The van der Waals surface area contributed by atoms with Gasteiger partial charge in [0, 0.05) is 36.3 Å². The number of aromatic hydroxyl groups is 2. The molecule has 1 aliphatic rings. The maximum atomic E-state index is 10.6. The highest BCUT2D eigenvalue weighted by atomic mass is 32.1. The molecule has 0 amide bonds. The molecule has 2 heterocycles. The molecule has 0 spiro atoms. The first-order chi connectivity index (χ1) is 14.2. The van der Waals surface area contributed by atoms with Crippen molar-refractivity contribution < 1.29 is 14.9 Å². The van der Waals surface area contributed by atoms with E-state index in [1.807, 2.05) is 36.4 Å². The Bertz CT molecular complexity index is 1150. The minimum Gasteiger partial charge on any atom is -0.508 e. The van der Waals surface area contributed by atoms with E-state index in [1.54, 1.807) is 23.5 Å². The van der Waals surface area contributed by atoms with Crippen molar-refractivity contribution in [2.45, 2.75) is 13.1 Å². The number of aromatic nitrogens is 1. The summed E-state index contributed by atoms with van der Waals surface area (Å²) < 4.78 is 6.98. The quantitative estimate of drug-likeness (QED) is 0.515. The van der Waals surface area contributed by atoms with Crippen molar-refractivity contribution in [3.63, 3.8) is 0 Å². The number of nitrogens with zero attached hydrogens (tertiary/aromatic N) is 2. The van der Waals surface area contributed by atoms with Gasteiger partial charge in [0.05, 0.1) is 10.2 Å². The van der Waals surface area contributed by atoms with Crippen molar-refractivity contribution >= 4 is 21.6 Å². The van der Waals surface area contributed by atoms with E-state index in [2.05, 4.69) is 17.0 Å². The van der Waals surface area contributed by atoms with E-state index in [-0.39, 0.29) is 5.75 Å². The van der Waals surface area contributed by atoms with Crippen LogP contribution in [0.25, 0.3) is 20.8 Å². The van der Waals surface area contributed by atoms with Gasteiger partial charge >= 0.3 is 0 Å². The number of thiazole rings is 1. The summed E-state index contributed by atoms with van der Waals surface area (Å²) in [5.41, 5.74) is 3.64. The molecule has 0 fully saturated rings. The Morgan fingerprint density at radius 3 is 2.69 bits per heavy atom. The van der Waals surface area contributed by atoms with Crippen LogP contribution in [0.1, 0.15) is 11.1 Å². The zero-order chi connectivity index (χ0) is 19.8. The minimum atomic E-state index is 0.140. The summed E-state index contributed by atoms with van der Waals surface area (Å²) >= 11 is 1.61. The van der Waals surface area contributed by atoms with Crippen LogP contribution in [0.3, 0.4) is 0 Å². The fourth-order valence-corrected chi connectivity index (χ4v) is 4.65. The Balaban J connectivity index is 1.49. The Kier molecular flexibility index (Phi) is 4.58. The van der Waals surface area contributed by atoms with Gasteiger partial charge in [0.2, 0.25) is 0 Å². The van der Waals surface area contributed by atoms with E-state index in [4.69, 9.17) is 9.72 Å².